The van der Waals surface area contributed by atoms with Crippen molar-refractivity contribution in [2.75, 3.05) is 4.72 Å². The van der Waals surface area contributed by atoms with Gasteiger partial charge in [0.25, 0.3) is 15.9 Å². The minimum absolute atomic E-state index is 0.143. The van der Waals surface area contributed by atoms with E-state index >= 15 is 0 Å². The molecule has 0 saturated heterocycles. The van der Waals surface area contributed by atoms with E-state index in [1.807, 2.05) is 0 Å². The molecular weight excluding hydrogens is 402 g/mol. The molecule has 0 spiro atoms. The van der Waals surface area contributed by atoms with Crippen LogP contribution in [-0.4, -0.2) is 30.8 Å². The summed E-state index contributed by atoms with van der Waals surface area (Å²) in [5, 5.41) is 11.6. The Balaban J connectivity index is 1.54. The predicted molar refractivity (Wildman–Crippen MR) is 89.1 cm³/mol. The molecule has 0 unspecified atom stereocenters. The number of rotatable bonds is 5. The van der Waals surface area contributed by atoms with Crippen molar-refractivity contribution in [3.63, 3.8) is 0 Å². The molecule has 4 fully saturated rings. The number of hydrogen-bond donors (Lipinski definition) is 2. The van der Waals surface area contributed by atoms with Gasteiger partial charge in [-0.2, -0.15) is 18.4 Å². The Labute approximate surface area is 158 Å². The van der Waals surface area contributed by atoms with Gasteiger partial charge >= 0.3 is 6.18 Å². The van der Waals surface area contributed by atoms with E-state index in [4.69, 9.17) is 5.26 Å². The van der Waals surface area contributed by atoms with Gasteiger partial charge in [-0.05, 0) is 50.3 Å². The lowest BCUT2D eigenvalue weighted by Crippen LogP contribution is -2.78. The highest BCUT2D eigenvalue weighted by molar-refractivity contribution is 7.94. The third-order valence-electron chi connectivity index (χ3n) is 5.90. The number of anilines is 1. The van der Waals surface area contributed by atoms with E-state index in [1.165, 1.54) is 0 Å². The molecule has 0 atom stereocenters. The number of carbonyl (C=O) groups excluding carboxylic acids is 1. The molecule has 1 aromatic rings. The lowest BCUT2D eigenvalue weighted by molar-refractivity contribution is -0.336. The monoisotopic (exact) mass is 417 g/mol. The molecule has 150 valence electrons. The number of benzene rings is 1. The van der Waals surface area contributed by atoms with Crippen LogP contribution in [-0.2, 0) is 10.0 Å². The van der Waals surface area contributed by atoms with Crippen molar-refractivity contribution in [3.8, 4) is 6.07 Å². The molecule has 5 rings (SSSR count). The second kappa shape index (κ2) is 5.37. The van der Waals surface area contributed by atoms with Gasteiger partial charge in [0.15, 0.2) is 4.75 Å². The molecule has 4 aliphatic carbocycles. The number of amides is 1. The molecule has 0 aromatic heterocycles. The number of sulfonamides is 1. The van der Waals surface area contributed by atoms with Gasteiger partial charge in [0.05, 0.1) is 22.7 Å². The molecule has 6 nitrogen and oxygen atoms in total. The zero-order valence-electron chi connectivity index (χ0n) is 14.4. The summed E-state index contributed by atoms with van der Waals surface area (Å²) in [4.78, 5) is 12.6. The summed E-state index contributed by atoms with van der Waals surface area (Å²) in [5.74, 6) is -1.67. The first-order chi connectivity index (χ1) is 12.9. The van der Waals surface area contributed by atoms with Crippen LogP contribution in [0.1, 0.15) is 42.5 Å². The molecule has 0 aliphatic heterocycles. The number of nitrogens with zero attached hydrogens (tertiary/aromatic N) is 1. The van der Waals surface area contributed by atoms with Crippen molar-refractivity contribution in [1.82, 2.24) is 5.32 Å². The normalized spacial score (nSPS) is 29.7. The quantitative estimate of drug-likeness (QED) is 0.720. The van der Waals surface area contributed by atoms with E-state index < -0.39 is 43.6 Å². The Bertz CT molecular complexity index is 1010. The summed E-state index contributed by atoms with van der Waals surface area (Å²) in [7, 11) is -4.14. The highest BCUT2D eigenvalue weighted by Crippen LogP contribution is 2.73. The lowest BCUT2D eigenvalue weighted by atomic mass is 9.39. The topological polar surface area (TPSA) is 99.1 Å². The summed E-state index contributed by atoms with van der Waals surface area (Å²) in [6, 6.07) is 4.53. The number of hydrogen-bond acceptors (Lipinski definition) is 4. The fourth-order valence-electron chi connectivity index (χ4n) is 4.12. The van der Waals surface area contributed by atoms with E-state index in [0.717, 1.165) is 18.2 Å². The van der Waals surface area contributed by atoms with Crippen LogP contribution < -0.4 is 10.0 Å². The highest BCUT2D eigenvalue weighted by Gasteiger charge is 2.79. The maximum Gasteiger partial charge on any atom is 0.394 e. The third-order valence-corrected chi connectivity index (χ3v) is 7.92. The van der Waals surface area contributed by atoms with Gasteiger partial charge in [-0.3, -0.25) is 9.52 Å². The van der Waals surface area contributed by atoms with Crippen molar-refractivity contribution in [2.24, 2.45) is 5.41 Å². The second-order valence-electron chi connectivity index (χ2n) is 7.94. The first kappa shape index (κ1) is 19.0. The van der Waals surface area contributed by atoms with E-state index in [0.29, 0.717) is 0 Å². The average Bonchev–Trinajstić information content (AvgIpc) is 3.31. The van der Waals surface area contributed by atoms with Gasteiger partial charge in [-0.1, -0.05) is 0 Å². The minimum atomic E-state index is -4.34. The van der Waals surface area contributed by atoms with Crippen LogP contribution in [0.25, 0.3) is 0 Å². The summed E-state index contributed by atoms with van der Waals surface area (Å²) in [6.45, 7) is 0. The van der Waals surface area contributed by atoms with Crippen LogP contribution >= 0.6 is 0 Å². The minimum Gasteiger partial charge on any atom is -0.346 e. The molecule has 1 amide bonds. The number of nitrogens with one attached hydrogen (secondary N) is 2. The van der Waals surface area contributed by atoms with Crippen LogP contribution in [0.2, 0.25) is 0 Å². The molecule has 1 aromatic carbocycles. The Morgan fingerprint density at radius 2 is 1.79 bits per heavy atom. The summed E-state index contributed by atoms with van der Waals surface area (Å²) in [5.41, 5.74) is -3.34. The Hall–Kier alpha value is -2.35. The Morgan fingerprint density at radius 3 is 2.29 bits per heavy atom. The maximum absolute atomic E-state index is 13.7. The number of alkyl halides is 3. The van der Waals surface area contributed by atoms with Crippen molar-refractivity contribution in [3.05, 3.63) is 29.6 Å². The number of halogens is 4. The second-order valence-corrected chi connectivity index (χ2v) is 9.94. The first-order valence-corrected chi connectivity index (χ1v) is 9.97. The fraction of sp³-hybridized carbons (Fsp3) is 0.529. The summed E-state index contributed by atoms with van der Waals surface area (Å²) < 4.78 is 77.9. The van der Waals surface area contributed by atoms with Gasteiger partial charge in [0.2, 0.25) is 0 Å². The molecule has 4 saturated carbocycles. The summed E-state index contributed by atoms with van der Waals surface area (Å²) in [6.07, 6.45) is -4.79. The largest absolute Gasteiger partial charge is 0.394 e. The maximum atomic E-state index is 13.7. The van der Waals surface area contributed by atoms with Gasteiger partial charge in [0.1, 0.15) is 5.82 Å². The van der Waals surface area contributed by atoms with E-state index in [1.54, 1.807) is 6.07 Å². The zero-order chi connectivity index (χ0) is 20.6. The van der Waals surface area contributed by atoms with E-state index in [9.17, 15) is 30.8 Å². The lowest BCUT2D eigenvalue weighted by Gasteiger charge is -2.70. The Kier molecular flexibility index (Phi) is 3.64. The van der Waals surface area contributed by atoms with E-state index in [2.05, 4.69) is 10.0 Å². The number of carbonyl (C=O) groups is 1. The smallest absolute Gasteiger partial charge is 0.346 e. The molecular formula is C17H15F4N3O3S. The van der Waals surface area contributed by atoms with Gasteiger partial charge in [-0.15, -0.1) is 0 Å². The van der Waals surface area contributed by atoms with Crippen LogP contribution in [0.15, 0.2) is 18.2 Å². The molecule has 28 heavy (non-hydrogen) atoms. The zero-order valence-corrected chi connectivity index (χ0v) is 15.2. The first-order valence-electron chi connectivity index (χ1n) is 8.49. The van der Waals surface area contributed by atoms with Crippen LogP contribution in [0.4, 0.5) is 23.2 Å². The van der Waals surface area contributed by atoms with Gasteiger partial charge in [0, 0.05) is 5.54 Å². The molecule has 2 bridgehead atoms. The van der Waals surface area contributed by atoms with Crippen molar-refractivity contribution in [2.45, 2.75) is 48.6 Å². The standard InChI is InChI=1S/C17H15F4N3O3S/c18-10-1-2-12(24-28(26,27)16(9-22)3-4-16)11(5-10)13(25)23-15-6-14(7-15,8-15)17(19,20)21/h1-2,5,24H,3-4,6-8H2,(H,23,25). The predicted octanol–water partition coefficient (Wildman–Crippen LogP) is 2.84. The SMILES string of the molecule is N#CC1(S(=O)(=O)Nc2ccc(F)cc2C(=O)NC23CC(C(F)(F)F)(C2)C3)CC1. The van der Waals surface area contributed by atoms with Crippen LogP contribution in [0.3, 0.4) is 0 Å². The molecule has 2 N–H and O–H groups in total. The molecule has 0 heterocycles. The molecule has 4 aliphatic rings. The van der Waals surface area contributed by atoms with Crippen LogP contribution in [0.5, 0.6) is 0 Å². The average molecular weight is 417 g/mol. The highest BCUT2D eigenvalue weighted by atomic mass is 32.2. The van der Waals surface area contributed by atoms with Crippen molar-refractivity contribution in [1.29, 1.82) is 5.26 Å². The fourth-order valence-corrected chi connectivity index (χ4v) is 5.54. The van der Waals surface area contributed by atoms with Crippen LogP contribution in [0, 0.1) is 22.6 Å². The van der Waals surface area contributed by atoms with Gasteiger partial charge < -0.3 is 5.32 Å². The molecule has 0 radical (unpaired) electrons. The van der Waals surface area contributed by atoms with Crippen molar-refractivity contribution < 1.29 is 30.8 Å². The molecule has 11 heteroatoms. The number of nitriles is 1. The van der Waals surface area contributed by atoms with Gasteiger partial charge in [-0.25, -0.2) is 12.8 Å². The summed E-state index contributed by atoms with van der Waals surface area (Å²) >= 11 is 0. The Morgan fingerprint density at radius 1 is 1.18 bits per heavy atom. The third kappa shape index (κ3) is 2.57. The van der Waals surface area contributed by atoms with Crippen molar-refractivity contribution >= 4 is 21.6 Å². The van der Waals surface area contributed by atoms with E-state index in [-0.39, 0.29) is 43.4 Å².